The van der Waals surface area contributed by atoms with Crippen molar-refractivity contribution in [2.75, 3.05) is 6.54 Å². The third-order valence-electron chi connectivity index (χ3n) is 5.29. The summed E-state index contributed by atoms with van der Waals surface area (Å²) in [7, 11) is 0. The number of phenolic OH excluding ortho intramolecular Hbond substituents is 1. The van der Waals surface area contributed by atoms with Crippen LogP contribution in [-0.4, -0.2) is 70.6 Å². The van der Waals surface area contributed by atoms with E-state index in [2.05, 4.69) is 20.9 Å². The van der Waals surface area contributed by atoms with Gasteiger partial charge in [-0.3, -0.25) is 19.4 Å². The van der Waals surface area contributed by atoms with E-state index in [1.807, 2.05) is 0 Å². The van der Waals surface area contributed by atoms with Crippen LogP contribution in [0.25, 0.3) is 0 Å². The Labute approximate surface area is 209 Å². The van der Waals surface area contributed by atoms with E-state index in [0.29, 0.717) is 24.9 Å². The normalized spacial score (nSPS) is 14.1. The summed E-state index contributed by atoms with van der Waals surface area (Å²) >= 11 is 0. The number of aromatic hydroxyl groups is 1. The number of aliphatic imine (C=N–C) groups is 1. The van der Waals surface area contributed by atoms with E-state index in [-0.39, 0.29) is 24.0 Å². The molecule has 0 aromatic heterocycles. The minimum absolute atomic E-state index is 0.0202. The molecule has 0 aliphatic carbocycles. The molecule has 0 bridgehead atoms. The number of carbonyl (C=O) groups excluding carboxylic acids is 3. The maximum absolute atomic E-state index is 12.9. The van der Waals surface area contributed by atoms with Crippen LogP contribution in [0.3, 0.4) is 0 Å². The van der Waals surface area contributed by atoms with Crippen LogP contribution < -0.4 is 33.2 Å². The first-order chi connectivity index (χ1) is 16.8. The summed E-state index contributed by atoms with van der Waals surface area (Å²) in [5.74, 6) is -3.51. The number of nitrogens with two attached hydrogens (primary N) is 3. The van der Waals surface area contributed by atoms with Gasteiger partial charge in [0.1, 0.15) is 23.9 Å². The van der Waals surface area contributed by atoms with E-state index < -0.39 is 47.9 Å². The third-order valence-corrected chi connectivity index (χ3v) is 5.29. The Morgan fingerprint density at radius 2 is 1.56 bits per heavy atom. The van der Waals surface area contributed by atoms with Crippen LogP contribution in [0.4, 0.5) is 0 Å². The highest BCUT2D eigenvalue weighted by Crippen LogP contribution is 2.12. The Kier molecular flexibility index (Phi) is 12.2. The molecule has 1 rings (SSSR count). The van der Waals surface area contributed by atoms with Gasteiger partial charge < -0.3 is 43.4 Å². The van der Waals surface area contributed by atoms with Crippen molar-refractivity contribution in [2.24, 2.45) is 28.1 Å². The lowest BCUT2D eigenvalue weighted by molar-refractivity contribution is -0.142. The smallest absolute Gasteiger partial charge is 0.326 e. The second kappa shape index (κ2) is 14.5. The number of carboxylic acid groups (broad SMARTS) is 1. The minimum atomic E-state index is -1.26. The molecule has 0 spiro atoms. The van der Waals surface area contributed by atoms with E-state index in [9.17, 15) is 29.4 Å². The number of carbonyl (C=O) groups is 4. The molecule has 0 aliphatic rings. The lowest BCUT2D eigenvalue weighted by atomic mass is 10.0. The summed E-state index contributed by atoms with van der Waals surface area (Å²) in [6.07, 6.45) is 0.747. The Morgan fingerprint density at radius 1 is 0.944 bits per heavy atom. The van der Waals surface area contributed by atoms with Gasteiger partial charge in [0.25, 0.3) is 0 Å². The minimum Gasteiger partial charge on any atom is -0.508 e. The van der Waals surface area contributed by atoms with Crippen molar-refractivity contribution in [1.29, 1.82) is 0 Å². The topological polar surface area (TPSA) is 235 Å². The van der Waals surface area contributed by atoms with E-state index in [4.69, 9.17) is 17.2 Å². The van der Waals surface area contributed by atoms with Crippen LogP contribution in [0, 0.1) is 5.92 Å². The zero-order valence-corrected chi connectivity index (χ0v) is 20.7. The van der Waals surface area contributed by atoms with Gasteiger partial charge in [-0.2, -0.15) is 0 Å². The number of hydrogen-bond donors (Lipinski definition) is 8. The van der Waals surface area contributed by atoms with E-state index in [1.54, 1.807) is 26.0 Å². The van der Waals surface area contributed by atoms with Crippen molar-refractivity contribution < 1.29 is 29.4 Å². The van der Waals surface area contributed by atoms with Gasteiger partial charge in [0.15, 0.2) is 5.96 Å². The molecule has 0 radical (unpaired) electrons. The fraction of sp³-hybridized carbons (Fsp3) is 0.522. The van der Waals surface area contributed by atoms with Gasteiger partial charge in [-0.1, -0.05) is 26.0 Å². The molecule has 11 N–H and O–H groups in total. The Balaban J connectivity index is 2.71. The second-order valence-electron chi connectivity index (χ2n) is 8.79. The van der Waals surface area contributed by atoms with Crippen molar-refractivity contribution in [1.82, 2.24) is 16.0 Å². The number of nitrogens with one attached hydrogen (secondary N) is 3. The number of amides is 3. The van der Waals surface area contributed by atoms with Crippen LogP contribution >= 0.6 is 0 Å². The maximum atomic E-state index is 12.9. The molecule has 1 aromatic rings. The first kappa shape index (κ1) is 30.2. The molecule has 3 amide bonds. The number of hydrogen-bond acceptors (Lipinski definition) is 7. The van der Waals surface area contributed by atoms with Crippen molar-refractivity contribution in [3.8, 4) is 5.75 Å². The van der Waals surface area contributed by atoms with E-state index in [0.717, 1.165) is 0 Å². The summed E-state index contributed by atoms with van der Waals surface area (Å²) in [5, 5.41) is 26.5. The summed E-state index contributed by atoms with van der Waals surface area (Å²) in [6, 6.07) is 1.75. The van der Waals surface area contributed by atoms with Gasteiger partial charge in [-0.25, -0.2) is 4.79 Å². The summed E-state index contributed by atoms with van der Waals surface area (Å²) in [5.41, 5.74) is 16.9. The molecule has 36 heavy (non-hydrogen) atoms. The highest BCUT2D eigenvalue weighted by atomic mass is 16.4. The van der Waals surface area contributed by atoms with Crippen molar-refractivity contribution in [2.45, 2.75) is 64.2 Å². The Bertz CT molecular complexity index is 931. The van der Waals surface area contributed by atoms with Crippen molar-refractivity contribution in [3.05, 3.63) is 29.8 Å². The van der Waals surface area contributed by atoms with Crippen molar-refractivity contribution in [3.63, 3.8) is 0 Å². The van der Waals surface area contributed by atoms with Crippen LogP contribution in [0.15, 0.2) is 29.3 Å². The average molecular weight is 508 g/mol. The van der Waals surface area contributed by atoms with Crippen LogP contribution in [0.2, 0.25) is 0 Å². The molecule has 0 aliphatic heterocycles. The van der Waals surface area contributed by atoms with Gasteiger partial charge in [0.2, 0.25) is 17.7 Å². The van der Waals surface area contributed by atoms with Gasteiger partial charge in [0, 0.05) is 13.0 Å². The first-order valence-corrected chi connectivity index (χ1v) is 11.5. The van der Waals surface area contributed by atoms with Crippen LogP contribution in [-0.2, 0) is 25.6 Å². The number of benzene rings is 1. The highest BCUT2D eigenvalue weighted by molar-refractivity contribution is 5.94. The van der Waals surface area contributed by atoms with Gasteiger partial charge in [0.05, 0.1) is 6.04 Å². The third kappa shape index (κ3) is 10.6. The molecular weight excluding hydrogens is 470 g/mol. The fourth-order valence-electron chi connectivity index (χ4n) is 3.18. The van der Waals surface area contributed by atoms with E-state index in [1.165, 1.54) is 19.1 Å². The lowest BCUT2D eigenvalue weighted by Crippen LogP contribution is -2.58. The number of nitrogens with zero attached hydrogens (tertiary/aromatic N) is 1. The molecule has 1 aromatic carbocycles. The maximum Gasteiger partial charge on any atom is 0.326 e. The quantitative estimate of drug-likeness (QED) is 0.0832. The first-order valence-electron chi connectivity index (χ1n) is 11.5. The van der Waals surface area contributed by atoms with Gasteiger partial charge in [-0.15, -0.1) is 0 Å². The number of phenols is 1. The molecule has 4 atom stereocenters. The molecule has 0 saturated heterocycles. The van der Waals surface area contributed by atoms with Gasteiger partial charge in [-0.05, 0) is 43.4 Å². The van der Waals surface area contributed by atoms with E-state index >= 15 is 0 Å². The second-order valence-corrected chi connectivity index (χ2v) is 8.79. The molecule has 0 saturated carbocycles. The highest BCUT2D eigenvalue weighted by Gasteiger charge is 2.30. The Morgan fingerprint density at radius 3 is 2.08 bits per heavy atom. The summed E-state index contributed by atoms with van der Waals surface area (Å²) in [6.45, 7) is 5.14. The van der Waals surface area contributed by atoms with Crippen LogP contribution in [0.5, 0.6) is 5.75 Å². The molecule has 0 fully saturated rings. The molecule has 200 valence electrons. The average Bonchev–Trinajstić information content (AvgIpc) is 2.80. The zero-order chi connectivity index (χ0) is 27.4. The zero-order valence-electron chi connectivity index (χ0n) is 20.7. The number of carboxylic acids is 1. The molecule has 13 heteroatoms. The largest absolute Gasteiger partial charge is 0.508 e. The van der Waals surface area contributed by atoms with Crippen LogP contribution in [0.1, 0.15) is 39.2 Å². The number of aliphatic carboxylic acids is 1. The number of guanidine groups is 1. The standard InChI is InChI=1S/C23H37N7O6/c1-12(2)18(21(34)29-17(22(35)36)11-14-6-8-15(31)9-7-14)30-19(32)13(3)28-20(33)16(24)5-4-10-27-23(25)26/h6-9,12-13,16-18,31H,4-5,10-11,24H2,1-3H3,(H,28,33)(H,29,34)(H,30,32)(H,35,36)(H4,25,26,27). The number of rotatable bonds is 14. The Hall–Kier alpha value is -3.87. The summed E-state index contributed by atoms with van der Waals surface area (Å²) < 4.78 is 0. The molecule has 0 heterocycles. The predicted molar refractivity (Wildman–Crippen MR) is 134 cm³/mol. The monoisotopic (exact) mass is 507 g/mol. The lowest BCUT2D eigenvalue weighted by Gasteiger charge is -2.26. The fourth-order valence-corrected chi connectivity index (χ4v) is 3.18. The molecular formula is C23H37N7O6. The summed E-state index contributed by atoms with van der Waals surface area (Å²) in [4.78, 5) is 53.3. The predicted octanol–water partition coefficient (Wildman–Crippen LogP) is -1.47. The van der Waals surface area contributed by atoms with Gasteiger partial charge >= 0.3 is 5.97 Å². The molecule has 13 nitrogen and oxygen atoms in total. The SMILES string of the molecule is CC(NC(=O)C(N)CCCN=C(N)N)C(=O)NC(C(=O)NC(Cc1ccc(O)cc1)C(=O)O)C(C)C. The molecule has 4 unspecified atom stereocenters. The van der Waals surface area contributed by atoms with Crippen molar-refractivity contribution >= 4 is 29.7 Å².